The standard InChI is InChI=1S/C32H30N6/c1-2-8-28(36-20-26-16-14-24-12-10-22-6-4-18-34-30(22)32(24)38-26)27(7-1)35-19-25-15-13-23-11-9-21-5-3-17-33-29(21)31(23)37-25/h3-6,9-18,27-28,35-36H,1-2,7-8,19-20H2/t27-,28+. The Bertz CT molecular complexity index is 1630. The van der Waals surface area contributed by atoms with E-state index in [1.807, 2.05) is 24.5 Å². The topological polar surface area (TPSA) is 75.6 Å². The molecule has 1 saturated carbocycles. The molecular formula is C32H30N6. The zero-order chi connectivity index (χ0) is 25.3. The molecule has 0 spiro atoms. The molecule has 7 rings (SSSR count). The summed E-state index contributed by atoms with van der Waals surface area (Å²) in [6, 6.07) is 26.0. The lowest BCUT2D eigenvalue weighted by Gasteiger charge is -2.33. The van der Waals surface area contributed by atoms with Crippen molar-refractivity contribution < 1.29 is 0 Å². The molecule has 6 heteroatoms. The van der Waals surface area contributed by atoms with Crippen LogP contribution in [0, 0.1) is 0 Å². The van der Waals surface area contributed by atoms with Crippen LogP contribution < -0.4 is 10.6 Å². The molecule has 0 amide bonds. The molecule has 0 saturated heterocycles. The lowest BCUT2D eigenvalue weighted by atomic mass is 9.90. The maximum absolute atomic E-state index is 5.00. The number of aromatic nitrogens is 4. The third-order valence-corrected chi connectivity index (χ3v) is 7.84. The summed E-state index contributed by atoms with van der Waals surface area (Å²) >= 11 is 0. The molecule has 2 atom stereocenters. The average Bonchev–Trinajstić information content (AvgIpc) is 2.99. The number of hydrogen-bond acceptors (Lipinski definition) is 6. The highest BCUT2D eigenvalue weighted by atomic mass is 15.0. The van der Waals surface area contributed by atoms with Gasteiger partial charge in [0.15, 0.2) is 0 Å². The maximum Gasteiger partial charge on any atom is 0.0968 e. The van der Waals surface area contributed by atoms with Gasteiger partial charge in [0.2, 0.25) is 0 Å². The maximum atomic E-state index is 5.00. The fourth-order valence-electron chi connectivity index (χ4n) is 5.82. The minimum absolute atomic E-state index is 0.398. The largest absolute Gasteiger partial charge is 0.307 e. The smallest absolute Gasteiger partial charge is 0.0968 e. The first-order chi connectivity index (χ1) is 18.8. The van der Waals surface area contributed by atoms with Crippen LogP contribution in [0.1, 0.15) is 37.1 Å². The summed E-state index contributed by atoms with van der Waals surface area (Å²) in [5, 5.41) is 12.1. The van der Waals surface area contributed by atoms with Crippen molar-refractivity contribution in [1.82, 2.24) is 30.6 Å². The van der Waals surface area contributed by atoms with Gasteiger partial charge < -0.3 is 10.6 Å². The molecular weight excluding hydrogens is 468 g/mol. The van der Waals surface area contributed by atoms with Gasteiger partial charge in [-0.1, -0.05) is 61.4 Å². The highest BCUT2D eigenvalue weighted by Gasteiger charge is 2.24. The minimum Gasteiger partial charge on any atom is -0.307 e. The number of hydrogen-bond donors (Lipinski definition) is 2. The minimum atomic E-state index is 0.398. The van der Waals surface area contributed by atoms with E-state index in [0.29, 0.717) is 12.1 Å². The molecule has 1 aliphatic carbocycles. The lowest BCUT2D eigenvalue weighted by Crippen LogP contribution is -2.49. The normalized spacial score (nSPS) is 18.0. The number of rotatable bonds is 6. The lowest BCUT2D eigenvalue weighted by molar-refractivity contribution is 0.280. The van der Waals surface area contributed by atoms with Crippen LogP contribution in [0.3, 0.4) is 0 Å². The number of benzene rings is 2. The second kappa shape index (κ2) is 10.0. The molecule has 6 aromatic rings. The van der Waals surface area contributed by atoms with Crippen molar-refractivity contribution in [3.8, 4) is 0 Å². The van der Waals surface area contributed by atoms with Gasteiger partial charge in [-0.05, 0) is 37.1 Å². The summed E-state index contributed by atoms with van der Waals surface area (Å²) in [5.41, 5.74) is 5.99. The fourth-order valence-corrected chi connectivity index (χ4v) is 5.82. The number of nitrogens with zero attached hydrogens (tertiary/aromatic N) is 4. The Morgan fingerprint density at radius 3 is 1.42 bits per heavy atom. The molecule has 1 fully saturated rings. The van der Waals surface area contributed by atoms with Crippen molar-refractivity contribution in [2.45, 2.75) is 50.9 Å². The highest BCUT2D eigenvalue weighted by Crippen LogP contribution is 2.24. The van der Waals surface area contributed by atoms with Gasteiger partial charge in [0.1, 0.15) is 0 Å². The van der Waals surface area contributed by atoms with Gasteiger partial charge in [-0.15, -0.1) is 0 Å². The Morgan fingerprint density at radius 1 is 0.526 bits per heavy atom. The van der Waals surface area contributed by atoms with E-state index < -0.39 is 0 Å². The van der Waals surface area contributed by atoms with Gasteiger partial charge in [-0.3, -0.25) is 9.97 Å². The van der Waals surface area contributed by atoms with Crippen molar-refractivity contribution in [3.05, 3.63) is 96.6 Å². The zero-order valence-corrected chi connectivity index (χ0v) is 21.3. The van der Waals surface area contributed by atoms with Gasteiger partial charge in [-0.2, -0.15) is 0 Å². The number of pyridine rings is 4. The summed E-state index contributed by atoms with van der Waals surface area (Å²) in [6.45, 7) is 1.49. The Morgan fingerprint density at radius 2 is 0.947 bits per heavy atom. The van der Waals surface area contributed by atoms with E-state index >= 15 is 0 Å². The van der Waals surface area contributed by atoms with E-state index in [1.165, 1.54) is 12.8 Å². The second-order valence-electron chi connectivity index (χ2n) is 10.3. The molecule has 1 aliphatic rings. The molecule has 4 aromatic heterocycles. The molecule has 6 nitrogen and oxygen atoms in total. The Kier molecular flexibility index (Phi) is 6.12. The molecule has 2 aromatic carbocycles. The Hall–Kier alpha value is -4.00. The van der Waals surface area contributed by atoms with Crippen LogP contribution in [0.4, 0.5) is 0 Å². The highest BCUT2D eigenvalue weighted by molar-refractivity contribution is 6.03. The van der Waals surface area contributed by atoms with E-state index in [2.05, 4.69) is 81.3 Å². The van der Waals surface area contributed by atoms with Crippen molar-refractivity contribution >= 4 is 43.6 Å². The fraction of sp³-hybridized carbons (Fsp3) is 0.250. The van der Waals surface area contributed by atoms with Crippen molar-refractivity contribution in [2.75, 3.05) is 0 Å². The molecule has 2 N–H and O–H groups in total. The summed E-state index contributed by atoms with van der Waals surface area (Å²) in [5.74, 6) is 0. The van der Waals surface area contributed by atoms with Crippen LogP contribution in [0.15, 0.2) is 85.2 Å². The molecule has 0 bridgehead atoms. The monoisotopic (exact) mass is 498 g/mol. The van der Waals surface area contributed by atoms with Crippen molar-refractivity contribution in [1.29, 1.82) is 0 Å². The van der Waals surface area contributed by atoms with Gasteiger partial charge in [0.25, 0.3) is 0 Å². The van der Waals surface area contributed by atoms with E-state index in [-0.39, 0.29) is 0 Å². The van der Waals surface area contributed by atoms with Crippen LogP contribution in [0.5, 0.6) is 0 Å². The van der Waals surface area contributed by atoms with Crippen LogP contribution in [0.25, 0.3) is 43.6 Å². The summed E-state index contributed by atoms with van der Waals surface area (Å²) < 4.78 is 0. The first-order valence-corrected chi connectivity index (χ1v) is 13.6. The predicted molar refractivity (Wildman–Crippen MR) is 154 cm³/mol. The summed E-state index contributed by atoms with van der Waals surface area (Å²) in [6.07, 6.45) is 8.51. The van der Waals surface area contributed by atoms with Gasteiger partial charge >= 0.3 is 0 Å². The third kappa shape index (κ3) is 4.46. The van der Waals surface area contributed by atoms with Crippen molar-refractivity contribution in [2.24, 2.45) is 0 Å². The first-order valence-electron chi connectivity index (χ1n) is 13.6. The number of nitrogens with one attached hydrogen (secondary N) is 2. The third-order valence-electron chi connectivity index (χ3n) is 7.84. The molecule has 38 heavy (non-hydrogen) atoms. The number of fused-ring (bicyclic) bond motifs is 6. The van der Waals surface area contributed by atoms with Gasteiger partial charge in [0.05, 0.1) is 33.5 Å². The van der Waals surface area contributed by atoms with Crippen molar-refractivity contribution in [3.63, 3.8) is 0 Å². The quantitative estimate of drug-likeness (QED) is 0.272. The Labute approximate surface area is 221 Å². The van der Waals surface area contributed by atoms with Gasteiger partial charge in [0, 0.05) is 59.1 Å². The molecule has 0 radical (unpaired) electrons. The molecule has 0 unspecified atom stereocenters. The summed E-state index contributed by atoms with van der Waals surface area (Å²) in [7, 11) is 0. The van der Waals surface area contributed by atoms with Crippen LogP contribution >= 0.6 is 0 Å². The first kappa shape index (κ1) is 23.1. The molecule has 188 valence electrons. The van der Waals surface area contributed by atoms with Crippen LogP contribution in [0.2, 0.25) is 0 Å². The Balaban J connectivity index is 1.07. The zero-order valence-electron chi connectivity index (χ0n) is 21.3. The van der Waals surface area contributed by atoms with Crippen LogP contribution in [-0.4, -0.2) is 32.0 Å². The van der Waals surface area contributed by atoms with Crippen LogP contribution in [-0.2, 0) is 13.1 Å². The van der Waals surface area contributed by atoms with E-state index in [0.717, 1.165) is 80.9 Å². The van der Waals surface area contributed by atoms with E-state index in [9.17, 15) is 0 Å². The SMILES string of the molecule is c1cnc2c(c1)ccc1ccc(CN[C@H]3CCCC[C@H]3NCc3ccc4ccc5cccnc5c4n3)nc12. The molecule has 0 aliphatic heterocycles. The van der Waals surface area contributed by atoms with Gasteiger partial charge in [-0.25, -0.2) is 9.97 Å². The van der Waals surface area contributed by atoms with E-state index in [1.54, 1.807) is 0 Å². The predicted octanol–water partition coefficient (Wildman–Crippen LogP) is 6.07. The van der Waals surface area contributed by atoms with E-state index in [4.69, 9.17) is 9.97 Å². The summed E-state index contributed by atoms with van der Waals surface area (Å²) in [4.78, 5) is 19.2. The second-order valence-corrected chi connectivity index (χ2v) is 10.3. The average molecular weight is 499 g/mol. The molecule has 4 heterocycles.